The first-order valence-electron chi connectivity index (χ1n) is 7.10. The molecule has 0 aliphatic rings. The van der Waals surface area contributed by atoms with Crippen LogP contribution in [0.25, 0.3) is 10.6 Å². The number of thiophene rings is 1. The first-order chi connectivity index (χ1) is 10.2. The van der Waals surface area contributed by atoms with Gasteiger partial charge in [0.2, 0.25) is 0 Å². The quantitative estimate of drug-likeness (QED) is 0.737. The summed E-state index contributed by atoms with van der Waals surface area (Å²) in [4.78, 5) is 1.23. The van der Waals surface area contributed by atoms with Crippen molar-refractivity contribution >= 4 is 11.3 Å². The molecule has 0 amide bonds. The Kier molecular flexibility index (Phi) is 4.18. The molecular weight excluding hydrogens is 278 g/mol. The van der Waals surface area contributed by atoms with Crippen molar-refractivity contribution in [3.8, 4) is 10.6 Å². The van der Waals surface area contributed by atoms with Crippen LogP contribution in [-0.2, 0) is 6.54 Å². The van der Waals surface area contributed by atoms with Crippen LogP contribution in [0.1, 0.15) is 29.7 Å². The zero-order valence-corrected chi connectivity index (χ0v) is 13.1. The SMILES string of the molecule is Cc1ccc(C(C)NCc2cn[nH]c2-c2cccs2)cc1. The van der Waals surface area contributed by atoms with E-state index in [4.69, 9.17) is 0 Å². The highest BCUT2D eigenvalue weighted by Gasteiger charge is 2.10. The van der Waals surface area contributed by atoms with E-state index in [2.05, 4.69) is 71.1 Å². The largest absolute Gasteiger partial charge is 0.306 e. The number of hydrogen-bond donors (Lipinski definition) is 2. The number of H-pyrrole nitrogens is 1. The Morgan fingerprint density at radius 2 is 2.05 bits per heavy atom. The second kappa shape index (κ2) is 6.24. The Morgan fingerprint density at radius 1 is 1.24 bits per heavy atom. The van der Waals surface area contributed by atoms with Crippen molar-refractivity contribution in [2.24, 2.45) is 0 Å². The minimum Gasteiger partial charge on any atom is -0.306 e. The molecule has 2 aromatic heterocycles. The van der Waals surface area contributed by atoms with E-state index in [0.717, 1.165) is 12.2 Å². The molecule has 0 spiro atoms. The van der Waals surface area contributed by atoms with Crippen molar-refractivity contribution in [1.82, 2.24) is 15.5 Å². The number of nitrogens with zero attached hydrogens (tertiary/aromatic N) is 1. The predicted octanol–water partition coefficient (Wildman–Crippen LogP) is 4.30. The lowest BCUT2D eigenvalue weighted by atomic mass is 10.1. The van der Waals surface area contributed by atoms with Gasteiger partial charge in [-0.05, 0) is 30.9 Å². The van der Waals surface area contributed by atoms with Gasteiger partial charge >= 0.3 is 0 Å². The topological polar surface area (TPSA) is 40.7 Å². The summed E-state index contributed by atoms with van der Waals surface area (Å²) >= 11 is 1.73. The van der Waals surface area contributed by atoms with Gasteiger partial charge < -0.3 is 5.32 Å². The normalized spacial score (nSPS) is 12.5. The third-order valence-corrected chi connectivity index (χ3v) is 4.55. The van der Waals surface area contributed by atoms with Crippen LogP contribution in [0.2, 0.25) is 0 Å². The van der Waals surface area contributed by atoms with E-state index in [-0.39, 0.29) is 0 Å². The summed E-state index contributed by atoms with van der Waals surface area (Å²) < 4.78 is 0. The Labute approximate surface area is 129 Å². The van der Waals surface area contributed by atoms with E-state index in [1.807, 2.05) is 6.20 Å². The van der Waals surface area contributed by atoms with E-state index >= 15 is 0 Å². The van der Waals surface area contributed by atoms with Gasteiger partial charge in [0.15, 0.2) is 0 Å². The number of rotatable bonds is 5. The molecular formula is C17H19N3S. The van der Waals surface area contributed by atoms with Crippen LogP contribution in [0.4, 0.5) is 0 Å². The molecule has 3 aromatic rings. The average Bonchev–Trinajstić information content (AvgIpc) is 3.16. The molecule has 21 heavy (non-hydrogen) atoms. The van der Waals surface area contributed by atoms with Gasteiger partial charge in [0.25, 0.3) is 0 Å². The summed E-state index contributed by atoms with van der Waals surface area (Å²) in [5.41, 5.74) is 4.92. The van der Waals surface area contributed by atoms with Gasteiger partial charge in [-0.1, -0.05) is 35.9 Å². The van der Waals surface area contributed by atoms with E-state index in [1.54, 1.807) is 11.3 Å². The third kappa shape index (κ3) is 3.23. The fourth-order valence-electron chi connectivity index (χ4n) is 2.32. The van der Waals surface area contributed by atoms with Crippen LogP contribution in [-0.4, -0.2) is 10.2 Å². The van der Waals surface area contributed by atoms with Crippen molar-refractivity contribution in [1.29, 1.82) is 0 Å². The Morgan fingerprint density at radius 3 is 2.76 bits per heavy atom. The molecule has 3 rings (SSSR count). The highest BCUT2D eigenvalue weighted by molar-refractivity contribution is 7.13. The van der Waals surface area contributed by atoms with Crippen molar-refractivity contribution in [2.75, 3.05) is 0 Å². The molecule has 1 unspecified atom stereocenters. The average molecular weight is 297 g/mol. The standard InChI is InChI=1S/C17H19N3S/c1-12-5-7-14(8-6-12)13(2)18-10-15-11-19-20-17(15)16-4-3-9-21-16/h3-9,11,13,18H,10H2,1-2H3,(H,19,20). The number of aromatic amines is 1. The van der Waals surface area contributed by atoms with Gasteiger partial charge in [0.1, 0.15) is 0 Å². The van der Waals surface area contributed by atoms with Crippen LogP contribution < -0.4 is 5.32 Å². The van der Waals surface area contributed by atoms with Gasteiger partial charge in [-0.25, -0.2) is 0 Å². The molecule has 0 saturated carbocycles. The van der Waals surface area contributed by atoms with Crippen LogP contribution in [0.15, 0.2) is 48.0 Å². The molecule has 1 aromatic carbocycles. The van der Waals surface area contributed by atoms with Crippen LogP contribution in [0, 0.1) is 6.92 Å². The molecule has 2 heterocycles. The number of nitrogens with one attached hydrogen (secondary N) is 2. The molecule has 2 N–H and O–H groups in total. The van der Waals surface area contributed by atoms with E-state index < -0.39 is 0 Å². The summed E-state index contributed by atoms with van der Waals surface area (Å²) in [7, 11) is 0. The van der Waals surface area contributed by atoms with Gasteiger partial charge in [0, 0.05) is 18.2 Å². The summed E-state index contributed by atoms with van der Waals surface area (Å²) in [6.07, 6.45) is 1.91. The molecule has 0 bridgehead atoms. The molecule has 4 heteroatoms. The lowest BCUT2D eigenvalue weighted by molar-refractivity contribution is 0.575. The van der Waals surface area contributed by atoms with Crippen molar-refractivity contribution in [3.05, 3.63) is 64.7 Å². The highest BCUT2D eigenvalue weighted by atomic mass is 32.1. The fourth-order valence-corrected chi connectivity index (χ4v) is 3.07. The maximum Gasteiger partial charge on any atom is 0.0794 e. The molecule has 0 saturated heterocycles. The minimum absolute atomic E-state index is 0.316. The van der Waals surface area contributed by atoms with Crippen molar-refractivity contribution in [2.45, 2.75) is 26.4 Å². The second-order valence-corrected chi connectivity index (χ2v) is 6.21. The fraction of sp³-hybridized carbons (Fsp3) is 0.235. The lowest BCUT2D eigenvalue weighted by Gasteiger charge is -2.14. The maximum atomic E-state index is 4.18. The van der Waals surface area contributed by atoms with E-state index in [9.17, 15) is 0 Å². The lowest BCUT2D eigenvalue weighted by Crippen LogP contribution is -2.18. The van der Waals surface area contributed by atoms with Crippen LogP contribution in [0.5, 0.6) is 0 Å². The minimum atomic E-state index is 0.316. The van der Waals surface area contributed by atoms with E-state index in [1.165, 1.54) is 21.6 Å². The van der Waals surface area contributed by atoms with Gasteiger partial charge in [-0.2, -0.15) is 5.10 Å². The predicted molar refractivity (Wildman–Crippen MR) is 88.3 cm³/mol. The summed E-state index contributed by atoms with van der Waals surface area (Å²) in [5, 5.41) is 12.9. The number of benzene rings is 1. The van der Waals surface area contributed by atoms with Crippen LogP contribution in [0.3, 0.4) is 0 Å². The second-order valence-electron chi connectivity index (χ2n) is 5.26. The first kappa shape index (κ1) is 14.0. The molecule has 0 fully saturated rings. The zero-order chi connectivity index (χ0) is 14.7. The van der Waals surface area contributed by atoms with Crippen molar-refractivity contribution < 1.29 is 0 Å². The number of aryl methyl sites for hydroxylation is 1. The Balaban J connectivity index is 1.68. The summed E-state index contributed by atoms with van der Waals surface area (Å²) in [6.45, 7) is 5.11. The van der Waals surface area contributed by atoms with Crippen LogP contribution >= 0.6 is 11.3 Å². The number of hydrogen-bond acceptors (Lipinski definition) is 3. The van der Waals surface area contributed by atoms with Gasteiger partial charge in [-0.3, -0.25) is 5.10 Å². The molecule has 0 radical (unpaired) electrons. The molecule has 3 nitrogen and oxygen atoms in total. The molecule has 1 atom stereocenters. The third-order valence-electron chi connectivity index (χ3n) is 3.66. The highest BCUT2D eigenvalue weighted by Crippen LogP contribution is 2.26. The summed E-state index contributed by atoms with van der Waals surface area (Å²) in [5.74, 6) is 0. The molecule has 0 aliphatic carbocycles. The summed E-state index contributed by atoms with van der Waals surface area (Å²) in [6, 6.07) is 13.2. The Bertz CT molecular complexity index is 683. The molecule has 0 aliphatic heterocycles. The first-order valence-corrected chi connectivity index (χ1v) is 7.98. The monoisotopic (exact) mass is 297 g/mol. The van der Waals surface area contributed by atoms with E-state index in [0.29, 0.717) is 6.04 Å². The smallest absolute Gasteiger partial charge is 0.0794 e. The zero-order valence-electron chi connectivity index (χ0n) is 12.3. The molecule has 108 valence electrons. The number of aromatic nitrogens is 2. The van der Waals surface area contributed by atoms with Gasteiger partial charge in [-0.15, -0.1) is 11.3 Å². The van der Waals surface area contributed by atoms with Crippen molar-refractivity contribution in [3.63, 3.8) is 0 Å². The van der Waals surface area contributed by atoms with Gasteiger partial charge in [0.05, 0.1) is 16.8 Å². The maximum absolute atomic E-state index is 4.18. The Hall–Kier alpha value is -1.91.